The highest BCUT2D eigenvalue weighted by Gasteiger charge is 1.97. The summed E-state index contributed by atoms with van der Waals surface area (Å²) in [4.78, 5) is 10.3. The molecule has 5 nitrogen and oxygen atoms in total. The van der Waals surface area contributed by atoms with Gasteiger partial charge in [0.2, 0.25) is 5.89 Å². The van der Waals surface area contributed by atoms with Gasteiger partial charge in [-0.25, -0.2) is 9.89 Å². The van der Waals surface area contributed by atoms with Crippen LogP contribution in [0.15, 0.2) is 9.21 Å². The van der Waals surface area contributed by atoms with E-state index in [4.69, 9.17) is 5.73 Å². The van der Waals surface area contributed by atoms with Crippen LogP contribution in [0.4, 0.5) is 0 Å². The van der Waals surface area contributed by atoms with Gasteiger partial charge in [-0.05, 0) is 13.0 Å². The Kier molecular flexibility index (Phi) is 4.56. The number of hydrogen-bond acceptors (Lipinski definition) is 4. The maximum absolute atomic E-state index is 10.3. The molecule has 0 aromatic carbocycles. The molecular formula is C5H10ClN3O2. The molecule has 11 heavy (non-hydrogen) atoms. The Labute approximate surface area is 69.4 Å². The van der Waals surface area contributed by atoms with Crippen molar-refractivity contribution in [1.82, 2.24) is 10.2 Å². The number of hydrogen-bond donors (Lipinski definition) is 2. The van der Waals surface area contributed by atoms with E-state index in [0.29, 0.717) is 18.9 Å². The van der Waals surface area contributed by atoms with E-state index >= 15 is 0 Å². The van der Waals surface area contributed by atoms with Crippen LogP contribution < -0.4 is 11.5 Å². The molecule has 3 N–H and O–H groups in total. The molecule has 0 aliphatic rings. The molecule has 0 unspecified atom stereocenters. The standard InChI is InChI=1S/C5H9N3O2.ClH/c6-3-1-2-4-7-8-5(9)10-4;/h1-3,6H2,(H,8,9);1H. The van der Waals surface area contributed by atoms with Gasteiger partial charge in [0.1, 0.15) is 0 Å². The highest BCUT2D eigenvalue weighted by atomic mass is 35.5. The summed E-state index contributed by atoms with van der Waals surface area (Å²) < 4.78 is 4.61. The van der Waals surface area contributed by atoms with Crippen LogP contribution in [-0.2, 0) is 6.42 Å². The Hall–Kier alpha value is -0.810. The van der Waals surface area contributed by atoms with E-state index in [2.05, 4.69) is 14.6 Å². The van der Waals surface area contributed by atoms with Gasteiger partial charge in [-0.1, -0.05) is 0 Å². The van der Waals surface area contributed by atoms with E-state index in [0.717, 1.165) is 6.42 Å². The molecular weight excluding hydrogens is 170 g/mol. The second kappa shape index (κ2) is 4.92. The summed E-state index contributed by atoms with van der Waals surface area (Å²) >= 11 is 0. The number of nitrogens with one attached hydrogen (secondary N) is 1. The van der Waals surface area contributed by atoms with Gasteiger partial charge < -0.3 is 10.2 Å². The van der Waals surface area contributed by atoms with Gasteiger partial charge in [0.05, 0.1) is 0 Å². The Bertz CT molecular complexity index is 244. The number of nitrogens with zero attached hydrogens (tertiary/aromatic N) is 1. The summed E-state index contributed by atoms with van der Waals surface area (Å²) in [5, 5.41) is 5.76. The van der Waals surface area contributed by atoms with E-state index in [1.807, 2.05) is 0 Å². The van der Waals surface area contributed by atoms with Crippen LogP contribution in [0.25, 0.3) is 0 Å². The van der Waals surface area contributed by atoms with Crippen LogP contribution in [0.2, 0.25) is 0 Å². The van der Waals surface area contributed by atoms with Gasteiger partial charge in [-0.2, -0.15) is 0 Å². The number of nitrogens with two attached hydrogens (primary N) is 1. The smallest absolute Gasteiger partial charge is 0.393 e. The van der Waals surface area contributed by atoms with Gasteiger partial charge in [-0.3, -0.25) is 0 Å². The van der Waals surface area contributed by atoms with Gasteiger partial charge in [0.25, 0.3) is 0 Å². The number of rotatable bonds is 3. The zero-order chi connectivity index (χ0) is 7.40. The molecule has 0 saturated heterocycles. The second-order valence-corrected chi connectivity index (χ2v) is 1.90. The monoisotopic (exact) mass is 179 g/mol. The Balaban J connectivity index is 0.000001000. The molecule has 0 saturated carbocycles. The van der Waals surface area contributed by atoms with Gasteiger partial charge >= 0.3 is 5.76 Å². The summed E-state index contributed by atoms with van der Waals surface area (Å²) in [6, 6.07) is 0. The minimum absolute atomic E-state index is 0. The fraction of sp³-hybridized carbons (Fsp3) is 0.600. The summed E-state index contributed by atoms with van der Waals surface area (Å²) in [6.45, 7) is 0.580. The van der Waals surface area contributed by atoms with Crippen molar-refractivity contribution in [3.8, 4) is 0 Å². The molecule has 1 aromatic rings. The summed E-state index contributed by atoms with van der Waals surface area (Å²) in [5.41, 5.74) is 5.23. The molecule has 1 aromatic heterocycles. The summed E-state index contributed by atoms with van der Waals surface area (Å²) in [6.07, 6.45) is 1.41. The third-order valence-electron chi connectivity index (χ3n) is 1.08. The third-order valence-corrected chi connectivity index (χ3v) is 1.08. The van der Waals surface area contributed by atoms with E-state index in [9.17, 15) is 4.79 Å². The SMILES string of the molecule is Cl.NCCCc1n[nH]c(=O)o1. The second-order valence-electron chi connectivity index (χ2n) is 1.90. The van der Waals surface area contributed by atoms with Crippen molar-refractivity contribution >= 4 is 12.4 Å². The summed E-state index contributed by atoms with van der Waals surface area (Å²) in [7, 11) is 0. The van der Waals surface area contributed by atoms with Crippen LogP contribution in [0, 0.1) is 0 Å². The molecule has 0 amide bonds. The summed E-state index contributed by atoms with van der Waals surface area (Å²) in [5.74, 6) is -0.0810. The number of halogens is 1. The fourth-order valence-electron chi connectivity index (χ4n) is 0.621. The Morgan fingerprint density at radius 3 is 2.82 bits per heavy atom. The van der Waals surface area contributed by atoms with Gasteiger partial charge in [0.15, 0.2) is 0 Å². The van der Waals surface area contributed by atoms with E-state index in [1.165, 1.54) is 0 Å². The number of aromatic amines is 1. The zero-order valence-corrected chi connectivity index (χ0v) is 6.69. The molecule has 0 aliphatic carbocycles. The Morgan fingerprint density at radius 2 is 2.36 bits per heavy atom. The average molecular weight is 180 g/mol. The van der Waals surface area contributed by atoms with Crippen LogP contribution in [0.1, 0.15) is 12.3 Å². The van der Waals surface area contributed by atoms with Crippen LogP contribution >= 0.6 is 12.4 Å². The minimum Gasteiger partial charge on any atom is -0.393 e. The molecule has 0 atom stereocenters. The largest absolute Gasteiger partial charge is 0.434 e. The van der Waals surface area contributed by atoms with Crippen molar-refractivity contribution in [1.29, 1.82) is 0 Å². The number of H-pyrrole nitrogens is 1. The highest BCUT2D eigenvalue weighted by molar-refractivity contribution is 5.85. The first kappa shape index (κ1) is 10.2. The first-order chi connectivity index (χ1) is 4.83. The molecule has 0 aliphatic heterocycles. The lowest BCUT2D eigenvalue weighted by Crippen LogP contribution is -2.00. The van der Waals surface area contributed by atoms with Crippen LogP contribution in [0.5, 0.6) is 0 Å². The van der Waals surface area contributed by atoms with Gasteiger partial charge in [0, 0.05) is 6.42 Å². The van der Waals surface area contributed by atoms with Crippen molar-refractivity contribution in [2.75, 3.05) is 6.54 Å². The predicted octanol–water partition coefficient (Wildman–Crippen LogP) is -0.324. The normalized spacial score (nSPS) is 9.18. The maximum Gasteiger partial charge on any atom is 0.434 e. The Morgan fingerprint density at radius 1 is 1.64 bits per heavy atom. The molecule has 1 heterocycles. The minimum atomic E-state index is -0.507. The van der Waals surface area contributed by atoms with Crippen LogP contribution in [0.3, 0.4) is 0 Å². The average Bonchev–Trinajstić information content (AvgIpc) is 2.31. The lowest BCUT2D eigenvalue weighted by atomic mass is 10.3. The van der Waals surface area contributed by atoms with E-state index in [1.54, 1.807) is 0 Å². The first-order valence-corrected chi connectivity index (χ1v) is 3.07. The lowest BCUT2D eigenvalue weighted by Gasteiger charge is -1.87. The molecule has 64 valence electrons. The molecule has 6 heteroatoms. The molecule has 0 radical (unpaired) electrons. The van der Waals surface area contributed by atoms with Crippen molar-refractivity contribution in [2.24, 2.45) is 5.73 Å². The maximum atomic E-state index is 10.3. The van der Waals surface area contributed by atoms with Crippen molar-refractivity contribution in [3.05, 3.63) is 16.4 Å². The molecule has 1 rings (SSSR count). The third kappa shape index (κ3) is 3.20. The molecule has 0 bridgehead atoms. The van der Waals surface area contributed by atoms with E-state index < -0.39 is 5.76 Å². The predicted molar refractivity (Wildman–Crippen MR) is 41.7 cm³/mol. The zero-order valence-electron chi connectivity index (χ0n) is 5.87. The van der Waals surface area contributed by atoms with Crippen LogP contribution in [-0.4, -0.2) is 16.7 Å². The van der Waals surface area contributed by atoms with Gasteiger partial charge in [-0.15, -0.1) is 17.5 Å². The molecule has 0 fully saturated rings. The van der Waals surface area contributed by atoms with Crippen molar-refractivity contribution in [3.63, 3.8) is 0 Å². The molecule has 0 spiro atoms. The topological polar surface area (TPSA) is 84.9 Å². The lowest BCUT2D eigenvalue weighted by molar-refractivity contribution is 0.457. The van der Waals surface area contributed by atoms with E-state index in [-0.39, 0.29) is 12.4 Å². The fourth-order valence-corrected chi connectivity index (χ4v) is 0.621. The number of aryl methyl sites for hydroxylation is 1. The van der Waals surface area contributed by atoms with Crippen molar-refractivity contribution in [2.45, 2.75) is 12.8 Å². The highest BCUT2D eigenvalue weighted by Crippen LogP contribution is 1.91. The van der Waals surface area contributed by atoms with Crippen molar-refractivity contribution < 1.29 is 4.42 Å². The number of aromatic nitrogens is 2. The quantitative estimate of drug-likeness (QED) is 0.666. The first-order valence-electron chi connectivity index (χ1n) is 3.07.